The summed E-state index contributed by atoms with van der Waals surface area (Å²) in [6, 6.07) is 19.9. The summed E-state index contributed by atoms with van der Waals surface area (Å²) in [6.45, 7) is 0. The van der Waals surface area contributed by atoms with Crippen molar-refractivity contribution in [1.29, 1.82) is 0 Å². The first-order chi connectivity index (χ1) is 10.2. The van der Waals surface area contributed by atoms with Crippen molar-refractivity contribution in [3.63, 3.8) is 0 Å². The predicted molar refractivity (Wildman–Crippen MR) is 88.1 cm³/mol. The number of aliphatic hydroxyl groups excluding tert-OH is 1. The number of hydrogen-bond acceptors (Lipinski definition) is 3. The van der Waals surface area contributed by atoms with Crippen LogP contribution in [0.3, 0.4) is 0 Å². The van der Waals surface area contributed by atoms with E-state index >= 15 is 0 Å². The van der Waals surface area contributed by atoms with Gasteiger partial charge in [0.15, 0.2) is 5.12 Å². The van der Waals surface area contributed by atoms with Crippen molar-refractivity contribution in [3.05, 3.63) is 71.8 Å². The molecule has 0 aliphatic heterocycles. The fourth-order valence-corrected chi connectivity index (χ4v) is 2.90. The fourth-order valence-electron chi connectivity index (χ4n) is 2.07. The van der Waals surface area contributed by atoms with E-state index in [1.165, 1.54) is 17.3 Å². The van der Waals surface area contributed by atoms with E-state index in [0.29, 0.717) is 12.2 Å². The molecule has 2 aromatic carbocycles. The van der Waals surface area contributed by atoms with Gasteiger partial charge in [-0.05, 0) is 24.0 Å². The third-order valence-electron chi connectivity index (χ3n) is 3.25. The van der Waals surface area contributed by atoms with E-state index in [1.807, 2.05) is 60.7 Å². The van der Waals surface area contributed by atoms with Crippen LogP contribution in [0.4, 0.5) is 0 Å². The lowest BCUT2D eigenvalue weighted by Crippen LogP contribution is -2.12. The highest BCUT2D eigenvalue weighted by molar-refractivity contribution is 8.12. The molecule has 21 heavy (non-hydrogen) atoms. The first-order valence-electron chi connectivity index (χ1n) is 7.15. The highest BCUT2D eigenvalue weighted by Crippen LogP contribution is 2.17. The molecule has 1 atom stereocenters. The number of benzene rings is 2. The zero-order valence-corrected chi connectivity index (χ0v) is 12.8. The van der Waals surface area contributed by atoms with Crippen molar-refractivity contribution in [2.75, 3.05) is 0 Å². The third kappa shape index (κ3) is 6.15. The van der Waals surface area contributed by atoms with Gasteiger partial charge in [0.25, 0.3) is 0 Å². The Morgan fingerprint density at radius 3 is 2.14 bits per heavy atom. The van der Waals surface area contributed by atoms with E-state index in [9.17, 15) is 9.90 Å². The largest absolute Gasteiger partial charge is 0.393 e. The molecule has 0 amide bonds. The summed E-state index contributed by atoms with van der Waals surface area (Å²) < 4.78 is 0. The normalized spacial score (nSPS) is 12.0. The maximum Gasteiger partial charge on any atom is 0.191 e. The van der Waals surface area contributed by atoms with E-state index in [-0.39, 0.29) is 11.5 Å². The second-order valence-corrected chi connectivity index (χ2v) is 6.06. The second kappa shape index (κ2) is 8.65. The van der Waals surface area contributed by atoms with Crippen molar-refractivity contribution in [2.24, 2.45) is 0 Å². The summed E-state index contributed by atoms with van der Waals surface area (Å²) >= 11 is 1.28. The predicted octanol–water partition coefficient (Wildman–Crippen LogP) is 3.83. The van der Waals surface area contributed by atoms with Crippen LogP contribution >= 0.6 is 11.8 Å². The molecule has 0 aromatic heterocycles. The van der Waals surface area contributed by atoms with E-state index < -0.39 is 6.10 Å². The molecule has 3 heteroatoms. The molecule has 0 radical (unpaired) electrons. The zero-order chi connectivity index (χ0) is 14.9. The van der Waals surface area contributed by atoms with Crippen LogP contribution in [0.5, 0.6) is 0 Å². The molecule has 0 fully saturated rings. The minimum Gasteiger partial charge on any atom is -0.393 e. The lowest BCUT2D eigenvalue weighted by molar-refractivity contribution is -0.112. The van der Waals surface area contributed by atoms with E-state index in [2.05, 4.69) is 0 Å². The Bertz CT molecular complexity index is 540. The molecular formula is C18H20O2S. The number of aryl methyl sites for hydroxylation is 1. The summed E-state index contributed by atoms with van der Waals surface area (Å²) in [6.07, 6.45) is 1.10. The highest BCUT2D eigenvalue weighted by Gasteiger charge is 2.11. The lowest BCUT2D eigenvalue weighted by atomic mass is 10.1. The Hall–Kier alpha value is -1.58. The smallest absolute Gasteiger partial charge is 0.191 e. The van der Waals surface area contributed by atoms with E-state index in [4.69, 9.17) is 0 Å². The van der Waals surface area contributed by atoms with Gasteiger partial charge in [0, 0.05) is 12.2 Å². The first kappa shape index (κ1) is 15.8. The topological polar surface area (TPSA) is 37.3 Å². The van der Waals surface area contributed by atoms with Crippen molar-refractivity contribution in [2.45, 2.75) is 31.1 Å². The van der Waals surface area contributed by atoms with Crippen molar-refractivity contribution in [1.82, 2.24) is 0 Å². The second-order valence-electron chi connectivity index (χ2n) is 5.03. The zero-order valence-electron chi connectivity index (χ0n) is 11.9. The molecule has 1 N–H and O–H groups in total. The number of aliphatic hydroxyl groups is 1. The molecule has 0 saturated heterocycles. The number of carbonyl (C=O) groups excluding carboxylic acids is 1. The van der Waals surface area contributed by atoms with Crippen LogP contribution in [0, 0.1) is 0 Å². The fraction of sp³-hybridized carbons (Fsp3) is 0.278. The van der Waals surface area contributed by atoms with Crippen LogP contribution in [0.1, 0.15) is 24.0 Å². The molecule has 0 spiro atoms. The van der Waals surface area contributed by atoms with Gasteiger partial charge < -0.3 is 5.11 Å². The minimum atomic E-state index is -0.555. The first-order valence-corrected chi connectivity index (χ1v) is 8.14. The molecule has 0 heterocycles. The molecule has 110 valence electrons. The monoisotopic (exact) mass is 300 g/mol. The SMILES string of the molecule is O=C(C[C@@H](O)CCc1ccccc1)SCc1ccccc1. The molecule has 0 saturated carbocycles. The molecule has 0 aliphatic carbocycles. The summed E-state index contributed by atoms with van der Waals surface area (Å²) in [5.41, 5.74) is 2.33. The molecule has 0 aliphatic rings. The van der Waals surface area contributed by atoms with Crippen molar-refractivity contribution in [3.8, 4) is 0 Å². The number of hydrogen-bond donors (Lipinski definition) is 1. The summed E-state index contributed by atoms with van der Waals surface area (Å²) in [5.74, 6) is 0.672. The van der Waals surface area contributed by atoms with Gasteiger partial charge >= 0.3 is 0 Å². The Labute approximate surface area is 130 Å². The van der Waals surface area contributed by atoms with Gasteiger partial charge in [-0.2, -0.15) is 0 Å². The Kier molecular flexibility index (Phi) is 6.51. The third-order valence-corrected chi connectivity index (χ3v) is 4.22. The van der Waals surface area contributed by atoms with Crippen molar-refractivity contribution < 1.29 is 9.90 Å². The Morgan fingerprint density at radius 1 is 0.952 bits per heavy atom. The average molecular weight is 300 g/mol. The van der Waals surface area contributed by atoms with Crippen LogP contribution in [-0.2, 0) is 17.0 Å². The van der Waals surface area contributed by atoms with Gasteiger partial charge in [0.05, 0.1) is 6.10 Å². The Balaban J connectivity index is 1.67. The number of carbonyl (C=O) groups is 1. The van der Waals surface area contributed by atoms with Gasteiger partial charge in [-0.25, -0.2) is 0 Å². The average Bonchev–Trinajstić information content (AvgIpc) is 2.53. The standard InChI is InChI=1S/C18H20O2S/c19-17(12-11-15-7-3-1-4-8-15)13-18(20)21-14-16-9-5-2-6-10-16/h1-10,17,19H,11-14H2/t17-/m0/s1. The highest BCUT2D eigenvalue weighted by atomic mass is 32.2. The van der Waals surface area contributed by atoms with Crippen molar-refractivity contribution >= 4 is 16.9 Å². The molecule has 2 aromatic rings. The van der Waals surface area contributed by atoms with Crippen LogP contribution in [0.25, 0.3) is 0 Å². The van der Waals surface area contributed by atoms with E-state index in [1.54, 1.807) is 0 Å². The van der Waals surface area contributed by atoms with Gasteiger partial charge in [-0.15, -0.1) is 0 Å². The van der Waals surface area contributed by atoms with E-state index in [0.717, 1.165) is 12.0 Å². The summed E-state index contributed by atoms with van der Waals surface area (Å²) in [4.78, 5) is 11.8. The minimum absolute atomic E-state index is 0.0550. The van der Waals surface area contributed by atoms with Crippen LogP contribution in [0.2, 0.25) is 0 Å². The quantitative estimate of drug-likeness (QED) is 0.844. The van der Waals surface area contributed by atoms with Crippen LogP contribution in [0.15, 0.2) is 60.7 Å². The maximum absolute atomic E-state index is 11.8. The maximum atomic E-state index is 11.8. The molecular weight excluding hydrogens is 280 g/mol. The van der Waals surface area contributed by atoms with Crippen LogP contribution in [-0.4, -0.2) is 16.3 Å². The summed E-state index contributed by atoms with van der Waals surface area (Å²) in [7, 11) is 0. The molecule has 2 nitrogen and oxygen atoms in total. The number of thioether (sulfide) groups is 1. The number of rotatable bonds is 7. The van der Waals surface area contributed by atoms with Gasteiger partial charge in [-0.1, -0.05) is 72.4 Å². The summed E-state index contributed by atoms with van der Waals surface area (Å²) in [5, 5.41) is 10.00. The van der Waals surface area contributed by atoms with Gasteiger partial charge in [-0.3, -0.25) is 4.79 Å². The molecule has 0 bridgehead atoms. The van der Waals surface area contributed by atoms with Gasteiger partial charge in [0.2, 0.25) is 0 Å². The molecule has 2 rings (SSSR count). The molecule has 0 unspecified atom stereocenters. The van der Waals surface area contributed by atoms with Crippen LogP contribution < -0.4 is 0 Å². The Morgan fingerprint density at radius 2 is 1.52 bits per heavy atom. The van der Waals surface area contributed by atoms with Gasteiger partial charge in [0.1, 0.15) is 0 Å². The lowest BCUT2D eigenvalue weighted by Gasteiger charge is -2.09.